The van der Waals surface area contributed by atoms with Crippen molar-refractivity contribution in [1.82, 2.24) is 0 Å². The van der Waals surface area contributed by atoms with Gasteiger partial charge in [-0.15, -0.1) is 11.8 Å². The maximum atomic E-state index is 5.65. The molecule has 14 heavy (non-hydrogen) atoms. The van der Waals surface area contributed by atoms with Gasteiger partial charge in [0.15, 0.2) is 0 Å². The summed E-state index contributed by atoms with van der Waals surface area (Å²) < 4.78 is 0.625. The third-order valence-corrected chi connectivity index (χ3v) is 5.28. The second kappa shape index (κ2) is 3.71. The van der Waals surface area contributed by atoms with Crippen LogP contribution in [0.25, 0.3) is 0 Å². The number of nitrogens with two attached hydrogens (primary N) is 1. The first kappa shape index (κ1) is 10.8. The zero-order valence-corrected chi connectivity index (χ0v) is 10.3. The van der Waals surface area contributed by atoms with Gasteiger partial charge in [0, 0.05) is 10.6 Å². The number of hydrogen-bond donors (Lipinski definition) is 1. The van der Waals surface area contributed by atoms with Gasteiger partial charge in [-0.05, 0) is 49.9 Å². The highest BCUT2D eigenvalue weighted by Crippen LogP contribution is 2.55. The van der Waals surface area contributed by atoms with Gasteiger partial charge in [-0.3, -0.25) is 0 Å². The van der Waals surface area contributed by atoms with Crippen molar-refractivity contribution in [3.8, 4) is 0 Å². The Balaban J connectivity index is 1.82. The summed E-state index contributed by atoms with van der Waals surface area (Å²) in [6.07, 6.45) is 8.62. The van der Waals surface area contributed by atoms with Crippen LogP contribution in [0, 0.1) is 11.3 Å². The van der Waals surface area contributed by atoms with Gasteiger partial charge in [0.25, 0.3) is 0 Å². The van der Waals surface area contributed by atoms with E-state index >= 15 is 0 Å². The monoisotopic (exact) mass is 213 g/mol. The van der Waals surface area contributed by atoms with E-state index < -0.39 is 0 Å². The molecule has 2 saturated carbocycles. The first-order valence-electron chi connectivity index (χ1n) is 5.89. The minimum atomic E-state index is 0.619. The fourth-order valence-electron chi connectivity index (χ4n) is 3.00. The molecule has 2 aliphatic rings. The van der Waals surface area contributed by atoms with Crippen LogP contribution in [0.2, 0.25) is 0 Å². The van der Waals surface area contributed by atoms with Crippen molar-refractivity contribution >= 4 is 11.8 Å². The van der Waals surface area contributed by atoms with E-state index in [-0.39, 0.29) is 0 Å². The Bertz CT molecular complexity index is 208. The molecule has 0 aromatic heterocycles. The lowest BCUT2D eigenvalue weighted by Crippen LogP contribution is -2.14. The summed E-state index contributed by atoms with van der Waals surface area (Å²) in [6, 6.07) is 0. The molecule has 1 unspecified atom stereocenters. The molecular weight excluding hydrogens is 190 g/mol. The number of thioether (sulfide) groups is 1. The molecule has 2 N–H and O–H groups in total. The standard InChI is InChI=1S/C12H23NS/c1-11(2)4-3-10(7-11)8-12(5-6-12)14-9-13/h10H,3-9,13H2,1-2H3. The van der Waals surface area contributed by atoms with Crippen LogP contribution >= 0.6 is 11.8 Å². The molecule has 2 heteroatoms. The van der Waals surface area contributed by atoms with E-state index in [2.05, 4.69) is 13.8 Å². The Morgan fingerprint density at radius 1 is 1.29 bits per heavy atom. The summed E-state index contributed by atoms with van der Waals surface area (Å²) in [7, 11) is 0. The quantitative estimate of drug-likeness (QED) is 0.724. The maximum absolute atomic E-state index is 5.65. The van der Waals surface area contributed by atoms with Crippen LogP contribution in [-0.2, 0) is 0 Å². The van der Waals surface area contributed by atoms with Gasteiger partial charge in [0.05, 0.1) is 0 Å². The highest BCUT2D eigenvalue weighted by atomic mass is 32.2. The van der Waals surface area contributed by atoms with Crippen molar-refractivity contribution in [1.29, 1.82) is 0 Å². The molecule has 0 bridgehead atoms. The molecule has 0 spiro atoms. The van der Waals surface area contributed by atoms with Crippen molar-refractivity contribution in [3.05, 3.63) is 0 Å². The molecule has 0 amide bonds. The highest BCUT2D eigenvalue weighted by Gasteiger charge is 2.46. The summed E-state index contributed by atoms with van der Waals surface area (Å²) >= 11 is 2.01. The summed E-state index contributed by atoms with van der Waals surface area (Å²) in [5.41, 5.74) is 6.26. The largest absolute Gasteiger partial charge is 0.322 e. The van der Waals surface area contributed by atoms with Crippen LogP contribution in [0.3, 0.4) is 0 Å². The molecule has 2 fully saturated rings. The molecule has 0 heterocycles. The SMILES string of the molecule is CC1(C)CCC(CC2(SCN)CC2)C1. The minimum Gasteiger partial charge on any atom is -0.322 e. The van der Waals surface area contributed by atoms with Gasteiger partial charge in [-0.1, -0.05) is 13.8 Å². The normalized spacial score (nSPS) is 33.2. The highest BCUT2D eigenvalue weighted by molar-refractivity contribution is 8.00. The lowest BCUT2D eigenvalue weighted by Gasteiger charge is -2.21. The fourth-order valence-corrected chi connectivity index (χ4v) is 4.10. The molecule has 0 aliphatic heterocycles. The summed E-state index contributed by atoms with van der Waals surface area (Å²) in [5.74, 6) is 1.81. The number of hydrogen-bond acceptors (Lipinski definition) is 2. The average molecular weight is 213 g/mol. The molecule has 82 valence electrons. The van der Waals surface area contributed by atoms with E-state index in [1.54, 1.807) is 0 Å². The van der Waals surface area contributed by atoms with Crippen LogP contribution < -0.4 is 5.73 Å². The number of rotatable bonds is 4. The summed E-state index contributed by atoms with van der Waals surface area (Å²) in [4.78, 5) is 0. The van der Waals surface area contributed by atoms with E-state index in [4.69, 9.17) is 5.73 Å². The van der Waals surface area contributed by atoms with Crippen LogP contribution in [-0.4, -0.2) is 10.6 Å². The van der Waals surface area contributed by atoms with Gasteiger partial charge in [-0.2, -0.15) is 0 Å². The molecule has 0 aromatic carbocycles. The first-order chi connectivity index (χ1) is 6.55. The van der Waals surface area contributed by atoms with E-state index in [1.807, 2.05) is 11.8 Å². The van der Waals surface area contributed by atoms with Gasteiger partial charge in [0.1, 0.15) is 0 Å². The Hall–Kier alpha value is 0.310. The molecule has 0 radical (unpaired) electrons. The minimum absolute atomic E-state index is 0.619. The molecule has 2 rings (SSSR count). The van der Waals surface area contributed by atoms with Crippen LogP contribution in [0.1, 0.15) is 52.4 Å². The van der Waals surface area contributed by atoms with Gasteiger partial charge < -0.3 is 5.73 Å². The van der Waals surface area contributed by atoms with E-state index in [0.717, 1.165) is 11.8 Å². The van der Waals surface area contributed by atoms with Crippen LogP contribution in [0.15, 0.2) is 0 Å². The van der Waals surface area contributed by atoms with E-state index in [1.165, 1.54) is 38.5 Å². The summed E-state index contributed by atoms with van der Waals surface area (Å²) in [5, 5.41) is 0. The zero-order chi connectivity index (χ0) is 10.2. The average Bonchev–Trinajstić information content (AvgIpc) is 2.73. The molecule has 2 aliphatic carbocycles. The van der Waals surface area contributed by atoms with Crippen LogP contribution in [0.4, 0.5) is 0 Å². The lowest BCUT2D eigenvalue weighted by molar-refractivity contribution is 0.352. The van der Waals surface area contributed by atoms with Gasteiger partial charge >= 0.3 is 0 Å². The topological polar surface area (TPSA) is 26.0 Å². The Morgan fingerprint density at radius 2 is 2.00 bits per heavy atom. The lowest BCUT2D eigenvalue weighted by atomic mass is 9.89. The van der Waals surface area contributed by atoms with Gasteiger partial charge in [-0.25, -0.2) is 0 Å². The second-order valence-corrected chi connectivity index (χ2v) is 7.46. The van der Waals surface area contributed by atoms with E-state index in [9.17, 15) is 0 Å². The smallest absolute Gasteiger partial charge is 0.0398 e. The maximum Gasteiger partial charge on any atom is 0.0398 e. The van der Waals surface area contributed by atoms with Crippen LogP contribution in [0.5, 0.6) is 0 Å². The predicted octanol–water partition coefficient (Wildman–Crippen LogP) is 3.38. The van der Waals surface area contributed by atoms with Crippen molar-refractivity contribution in [2.45, 2.75) is 57.1 Å². The van der Waals surface area contributed by atoms with Crippen molar-refractivity contribution in [2.24, 2.45) is 17.1 Å². The molecular formula is C12H23NS. The Kier molecular flexibility index (Phi) is 2.87. The molecule has 0 saturated heterocycles. The van der Waals surface area contributed by atoms with Crippen molar-refractivity contribution in [3.63, 3.8) is 0 Å². The third-order valence-electron chi connectivity index (χ3n) is 3.93. The molecule has 0 aromatic rings. The molecule has 1 nitrogen and oxygen atoms in total. The fraction of sp³-hybridized carbons (Fsp3) is 1.00. The Morgan fingerprint density at radius 3 is 2.43 bits per heavy atom. The van der Waals surface area contributed by atoms with Crippen molar-refractivity contribution in [2.75, 3.05) is 5.88 Å². The predicted molar refractivity (Wildman–Crippen MR) is 64.3 cm³/mol. The first-order valence-corrected chi connectivity index (χ1v) is 6.88. The van der Waals surface area contributed by atoms with E-state index in [0.29, 0.717) is 10.2 Å². The Labute approximate surface area is 92.2 Å². The second-order valence-electron chi connectivity index (χ2n) is 5.97. The molecule has 1 atom stereocenters. The van der Waals surface area contributed by atoms with Gasteiger partial charge in [0.2, 0.25) is 0 Å². The van der Waals surface area contributed by atoms with Crippen molar-refractivity contribution < 1.29 is 0 Å². The third kappa shape index (κ3) is 2.46. The summed E-state index contributed by atoms with van der Waals surface area (Å²) in [6.45, 7) is 4.84. The zero-order valence-electron chi connectivity index (χ0n) is 9.51.